The molecule has 6 aromatic rings. The molecular formula is C41H32N2O. The highest BCUT2D eigenvalue weighted by Crippen LogP contribution is 2.48. The number of ether oxygens (including phenoxy) is 1. The number of hydrogen-bond acceptors (Lipinski definition) is 3. The molecule has 3 nitrogen and oxygen atoms in total. The molecule has 2 aliphatic heterocycles. The van der Waals surface area contributed by atoms with Crippen LogP contribution >= 0.6 is 0 Å². The van der Waals surface area contributed by atoms with Crippen LogP contribution in [-0.4, -0.2) is 5.84 Å². The van der Waals surface area contributed by atoms with E-state index in [1.165, 1.54) is 33.4 Å². The number of amidine groups is 1. The summed E-state index contributed by atoms with van der Waals surface area (Å²) in [4.78, 5) is 5.09. The molecule has 0 aromatic heterocycles. The highest BCUT2D eigenvalue weighted by molar-refractivity contribution is 6.03. The van der Waals surface area contributed by atoms with Crippen molar-refractivity contribution in [1.82, 2.24) is 5.32 Å². The van der Waals surface area contributed by atoms with Crippen molar-refractivity contribution in [1.29, 1.82) is 0 Å². The van der Waals surface area contributed by atoms with E-state index in [9.17, 15) is 0 Å². The average Bonchev–Trinajstić information content (AvgIpc) is 3.08. The lowest BCUT2D eigenvalue weighted by Gasteiger charge is -2.34. The smallest absolute Gasteiger partial charge is 0.134 e. The maximum Gasteiger partial charge on any atom is 0.134 e. The summed E-state index contributed by atoms with van der Waals surface area (Å²) in [6.45, 7) is 4.54. The molecule has 1 unspecified atom stereocenters. The molecule has 212 valence electrons. The zero-order valence-corrected chi connectivity index (χ0v) is 24.8. The Morgan fingerprint density at radius 1 is 0.545 bits per heavy atom. The van der Waals surface area contributed by atoms with Crippen LogP contribution in [0.3, 0.4) is 0 Å². The maximum atomic E-state index is 6.42. The van der Waals surface area contributed by atoms with Crippen LogP contribution < -0.4 is 10.1 Å². The molecular weight excluding hydrogens is 536 g/mol. The molecule has 0 saturated carbocycles. The largest absolute Gasteiger partial charge is 0.457 e. The number of hydrogen-bond donors (Lipinski definition) is 1. The summed E-state index contributed by atoms with van der Waals surface area (Å²) in [5.41, 5.74) is 11.4. The zero-order chi connectivity index (χ0) is 29.7. The second-order valence-corrected chi connectivity index (χ2v) is 12.1. The summed E-state index contributed by atoms with van der Waals surface area (Å²) in [7, 11) is 0. The molecule has 1 N–H and O–H groups in total. The minimum atomic E-state index is -0.132. The SMILES string of the molecule is CC1(C)c2ccccc2Oc2cc(-c3cccc(C4=Nc5ccccc5C(c5ccc(-c6ccccc6)cc5)N4)c3)ccc21. The third-order valence-electron chi connectivity index (χ3n) is 9.02. The maximum absolute atomic E-state index is 6.42. The molecule has 2 aliphatic rings. The van der Waals surface area contributed by atoms with Crippen LogP contribution in [0.1, 0.15) is 47.7 Å². The molecule has 0 saturated heterocycles. The number of para-hydroxylation sites is 2. The van der Waals surface area contributed by atoms with Crippen molar-refractivity contribution < 1.29 is 4.74 Å². The standard InChI is InChI=1S/C41H32N2O/c1-41(2)34-16-7-9-18-37(34)44-38-26-31(23-24-35(38)41)30-13-10-14-32(25-30)40-42-36-17-8-6-15-33(36)39(43-40)29-21-19-28(20-22-29)27-11-4-3-5-12-27/h3-26,39H,1-2H3,(H,42,43). The summed E-state index contributed by atoms with van der Waals surface area (Å²) in [5.74, 6) is 2.71. The lowest BCUT2D eigenvalue weighted by Crippen LogP contribution is -2.32. The van der Waals surface area contributed by atoms with Gasteiger partial charge in [-0.3, -0.25) is 0 Å². The predicted molar refractivity (Wildman–Crippen MR) is 180 cm³/mol. The van der Waals surface area contributed by atoms with Crippen molar-refractivity contribution >= 4 is 11.5 Å². The Balaban J connectivity index is 1.13. The molecule has 0 amide bonds. The van der Waals surface area contributed by atoms with E-state index in [1.807, 2.05) is 6.07 Å². The third-order valence-corrected chi connectivity index (χ3v) is 9.02. The summed E-state index contributed by atoms with van der Waals surface area (Å²) in [6.07, 6.45) is 0. The van der Waals surface area contributed by atoms with Crippen molar-refractivity contribution in [3.05, 3.63) is 173 Å². The van der Waals surface area contributed by atoms with E-state index in [0.29, 0.717) is 0 Å². The van der Waals surface area contributed by atoms with E-state index in [1.54, 1.807) is 0 Å². The van der Waals surface area contributed by atoms with Crippen LogP contribution in [0.2, 0.25) is 0 Å². The molecule has 1 atom stereocenters. The lowest BCUT2D eigenvalue weighted by molar-refractivity contribution is 0.418. The molecule has 3 heteroatoms. The summed E-state index contributed by atoms with van der Waals surface area (Å²) in [5, 5.41) is 3.78. The van der Waals surface area contributed by atoms with Gasteiger partial charge in [0, 0.05) is 27.7 Å². The van der Waals surface area contributed by atoms with Gasteiger partial charge in [-0.1, -0.05) is 135 Å². The van der Waals surface area contributed by atoms with Crippen LogP contribution in [0.5, 0.6) is 11.5 Å². The highest BCUT2D eigenvalue weighted by atomic mass is 16.5. The number of aliphatic imine (C=N–C) groups is 1. The number of nitrogens with zero attached hydrogens (tertiary/aromatic N) is 1. The van der Waals surface area contributed by atoms with Gasteiger partial charge in [-0.15, -0.1) is 0 Å². The number of benzene rings is 6. The lowest BCUT2D eigenvalue weighted by atomic mass is 9.75. The molecule has 2 heterocycles. The Morgan fingerprint density at radius 2 is 1.18 bits per heavy atom. The molecule has 0 spiro atoms. The molecule has 0 fully saturated rings. The first-order valence-electron chi connectivity index (χ1n) is 15.2. The normalized spacial score (nSPS) is 16.0. The van der Waals surface area contributed by atoms with Crippen LogP contribution in [-0.2, 0) is 5.41 Å². The van der Waals surface area contributed by atoms with Gasteiger partial charge in [0.25, 0.3) is 0 Å². The number of fused-ring (bicyclic) bond motifs is 3. The van der Waals surface area contributed by atoms with Gasteiger partial charge in [0.2, 0.25) is 0 Å². The predicted octanol–water partition coefficient (Wildman–Crippen LogP) is 10.2. The second kappa shape index (κ2) is 10.4. The fraction of sp³-hybridized carbons (Fsp3) is 0.0976. The Kier molecular flexibility index (Phi) is 6.20. The van der Waals surface area contributed by atoms with Crippen molar-refractivity contribution in [3.63, 3.8) is 0 Å². The van der Waals surface area contributed by atoms with E-state index < -0.39 is 0 Å². The fourth-order valence-electron chi connectivity index (χ4n) is 6.59. The van der Waals surface area contributed by atoms with E-state index in [4.69, 9.17) is 9.73 Å². The van der Waals surface area contributed by atoms with Gasteiger partial charge in [-0.2, -0.15) is 0 Å². The quantitative estimate of drug-likeness (QED) is 0.230. The van der Waals surface area contributed by atoms with Crippen molar-refractivity contribution in [2.45, 2.75) is 25.3 Å². The van der Waals surface area contributed by atoms with Gasteiger partial charge in [0.1, 0.15) is 17.3 Å². The van der Waals surface area contributed by atoms with Gasteiger partial charge >= 0.3 is 0 Å². The van der Waals surface area contributed by atoms with Crippen LogP contribution in [0, 0.1) is 0 Å². The van der Waals surface area contributed by atoms with Crippen molar-refractivity contribution in [3.8, 4) is 33.8 Å². The molecule has 6 aromatic carbocycles. The Morgan fingerprint density at radius 3 is 2.05 bits per heavy atom. The van der Waals surface area contributed by atoms with Gasteiger partial charge < -0.3 is 10.1 Å². The highest BCUT2D eigenvalue weighted by Gasteiger charge is 2.34. The minimum Gasteiger partial charge on any atom is -0.457 e. The molecule has 0 bridgehead atoms. The summed E-state index contributed by atoms with van der Waals surface area (Å²) < 4.78 is 6.42. The summed E-state index contributed by atoms with van der Waals surface area (Å²) >= 11 is 0. The average molecular weight is 569 g/mol. The third kappa shape index (κ3) is 4.49. The summed E-state index contributed by atoms with van der Waals surface area (Å²) in [6, 6.07) is 51.3. The Hall–Kier alpha value is -5.41. The van der Waals surface area contributed by atoms with Crippen molar-refractivity contribution in [2.24, 2.45) is 4.99 Å². The van der Waals surface area contributed by atoms with Crippen LogP contribution in [0.4, 0.5) is 5.69 Å². The topological polar surface area (TPSA) is 33.6 Å². The Bertz CT molecular complexity index is 2040. The minimum absolute atomic E-state index is 0.00776. The zero-order valence-electron chi connectivity index (χ0n) is 24.8. The van der Waals surface area contributed by atoms with Gasteiger partial charge in [-0.05, 0) is 52.1 Å². The first-order chi connectivity index (χ1) is 21.5. The van der Waals surface area contributed by atoms with E-state index in [0.717, 1.165) is 39.7 Å². The van der Waals surface area contributed by atoms with Crippen LogP contribution in [0.25, 0.3) is 22.3 Å². The molecule has 0 radical (unpaired) electrons. The van der Waals surface area contributed by atoms with Crippen LogP contribution in [0.15, 0.2) is 151 Å². The van der Waals surface area contributed by atoms with Gasteiger partial charge in [-0.25, -0.2) is 4.99 Å². The van der Waals surface area contributed by atoms with Gasteiger partial charge in [0.05, 0.1) is 11.7 Å². The van der Waals surface area contributed by atoms with Crippen molar-refractivity contribution in [2.75, 3.05) is 0 Å². The monoisotopic (exact) mass is 568 g/mol. The first-order valence-corrected chi connectivity index (χ1v) is 15.2. The number of rotatable bonds is 4. The fourth-order valence-corrected chi connectivity index (χ4v) is 6.59. The van der Waals surface area contributed by atoms with E-state index in [2.05, 4.69) is 159 Å². The molecule has 8 rings (SSSR count). The van der Waals surface area contributed by atoms with E-state index >= 15 is 0 Å². The second-order valence-electron chi connectivity index (χ2n) is 12.1. The van der Waals surface area contributed by atoms with Gasteiger partial charge in [0.15, 0.2) is 0 Å². The van der Waals surface area contributed by atoms with E-state index in [-0.39, 0.29) is 11.5 Å². The molecule has 0 aliphatic carbocycles. The number of nitrogens with one attached hydrogen (secondary N) is 1. The first kappa shape index (κ1) is 26.2. The molecule has 44 heavy (non-hydrogen) atoms. The Labute approximate surface area is 258 Å².